The van der Waals surface area contributed by atoms with Crippen LogP contribution < -0.4 is 10.2 Å². The van der Waals surface area contributed by atoms with Crippen molar-refractivity contribution < 1.29 is 9.59 Å². The number of tetrazole rings is 1. The number of carbonyl (C=O) groups excluding carboxylic acids is 2. The molecule has 0 radical (unpaired) electrons. The molecule has 3 aromatic rings. The van der Waals surface area contributed by atoms with E-state index in [1.165, 1.54) is 11.8 Å². The number of hydrogen-bond donors (Lipinski definition) is 1. The van der Waals surface area contributed by atoms with Gasteiger partial charge in [-0.2, -0.15) is 0 Å². The number of fused-ring (bicyclic) bond motifs is 1. The summed E-state index contributed by atoms with van der Waals surface area (Å²) in [5, 5.41) is 15.3. The summed E-state index contributed by atoms with van der Waals surface area (Å²) >= 11 is 1.29. The number of anilines is 2. The zero-order chi connectivity index (χ0) is 20.2. The van der Waals surface area contributed by atoms with Crippen LogP contribution in [0.3, 0.4) is 0 Å². The van der Waals surface area contributed by atoms with Crippen molar-refractivity contribution in [1.29, 1.82) is 0 Å². The summed E-state index contributed by atoms with van der Waals surface area (Å²) in [6, 6.07) is 17.0. The minimum Gasteiger partial charge on any atom is -0.324 e. The Bertz CT molecular complexity index is 1020. The fourth-order valence-electron chi connectivity index (χ4n) is 3.32. The van der Waals surface area contributed by atoms with E-state index in [2.05, 4.69) is 20.8 Å². The Morgan fingerprint density at radius 3 is 2.76 bits per heavy atom. The van der Waals surface area contributed by atoms with Crippen molar-refractivity contribution in [1.82, 2.24) is 20.2 Å². The van der Waals surface area contributed by atoms with Crippen molar-refractivity contribution in [2.24, 2.45) is 0 Å². The van der Waals surface area contributed by atoms with Crippen molar-refractivity contribution in [3.63, 3.8) is 0 Å². The summed E-state index contributed by atoms with van der Waals surface area (Å²) < 4.78 is 1.68. The normalized spacial score (nSPS) is 16.1. The fraction of sp³-hybridized carbons (Fsp3) is 0.250. The Kier molecular flexibility index (Phi) is 5.57. The van der Waals surface area contributed by atoms with Gasteiger partial charge in [-0.25, -0.2) is 4.68 Å². The van der Waals surface area contributed by atoms with Crippen molar-refractivity contribution in [3.05, 3.63) is 60.2 Å². The van der Waals surface area contributed by atoms with E-state index in [-0.39, 0.29) is 30.0 Å². The molecule has 0 spiro atoms. The van der Waals surface area contributed by atoms with Gasteiger partial charge < -0.3 is 10.2 Å². The van der Waals surface area contributed by atoms with Crippen LogP contribution in [0, 0.1) is 0 Å². The Morgan fingerprint density at radius 1 is 1.17 bits per heavy atom. The van der Waals surface area contributed by atoms with Gasteiger partial charge in [0.05, 0.1) is 23.7 Å². The Hall–Kier alpha value is -3.20. The predicted molar refractivity (Wildman–Crippen MR) is 111 cm³/mol. The Labute approximate surface area is 172 Å². The summed E-state index contributed by atoms with van der Waals surface area (Å²) in [5.41, 5.74) is 2.43. The lowest BCUT2D eigenvalue weighted by Gasteiger charge is -2.27. The lowest BCUT2D eigenvalue weighted by molar-refractivity contribution is -0.117. The van der Waals surface area contributed by atoms with Crippen LogP contribution in [0.25, 0.3) is 0 Å². The van der Waals surface area contributed by atoms with Crippen LogP contribution in [-0.4, -0.2) is 43.8 Å². The van der Waals surface area contributed by atoms with Crippen LogP contribution in [0.15, 0.2) is 59.8 Å². The lowest BCUT2D eigenvalue weighted by atomic mass is 10.2. The summed E-state index contributed by atoms with van der Waals surface area (Å²) in [5.74, 6) is -0.0254. The molecular formula is C20H20N6O2S. The van der Waals surface area contributed by atoms with E-state index in [9.17, 15) is 9.59 Å². The molecule has 2 aromatic carbocycles. The summed E-state index contributed by atoms with van der Waals surface area (Å²) in [6.45, 7) is 2.41. The number of nitrogens with one attached hydrogen (secondary N) is 1. The van der Waals surface area contributed by atoms with Gasteiger partial charge in [-0.15, -0.1) is 5.10 Å². The van der Waals surface area contributed by atoms with Gasteiger partial charge in [0, 0.05) is 12.5 Å². The molecule has 4 rings (SSSR count). The smallest absolute Gasteiger partial charge is 0.237 e. The molecule has 9 heteroatoms. The van der Waals surface area contributed by atoms with Crippen LogP contribution >= 0.6 is 11.8 Å². The second-order valence-electron chi connectivity index (χ2n) is 6.78. The second kappa shape index (κ2) is 8.44. The number of nitrogens with zero attached hydrogens (tertiary/aromatic N) is 5. The molecular weight excluding hydrogens is 388 g/mol. The number of para-hydroxylation sites is 2. The first-order chi connectivity index (χ1) is 14.1. The number of benzene rings is 2. The standard InChI is InChI=1S/C20H20N6O2S/c1-14-11-18(27)21-16-9-5-6-10-17(16)26(14)19(28)13-29-20-22-23-24-25(20)12-15-7-3-2-4-8-15/h2-10,14H,11-13H2,1H3,(H,21,27)/t14-/m1/s1. The molecule has 1 N–H and O–H groups in total. The zero-order valence-corrected chi connectivity index (χ0v) is 16.7. The molecule has 0 aliphatic carbocycles. The van der Waals surface area contributed by atoms with E-state index >= 15 is 0 Å². The highest BCUT2D eigenvalue weighted by Crippen LogP contribution is 2.32. The van der Waals surface area contributed by atoms with E-state index in [1.807, 2.05) is 55.5 Å². The monoisotopic (exact) mass is 408 g/mol. The summed E-state index contributed by atoms with van der Waals surface area (Å²) in [6.07, 6.45) is 0.247. The molecule has 29 heavy (non-hydrogen) atoms. The molecule has 148 valence electrons. The number of thioether (sulfide) groups is 1. The highest BCUT2D eigenvalue weighted by atomic mass is 32.2. The third-order valence-corrected chi connectivity index (χ3v) is 5.57. The quantitative estimate of drug-likeness (QED) is 0.653. The van der Waals surface area contributed by atoms with Gasteiger partial charge >= 0.3 is 0 Å². The summed E-state index contributed by atoms with van der Waals surface area (Å²) in [4.78, 5) is 26.9. The van der Waals surface area contributed by atoms with Crippen LogP contribution in [-0.2, 0) is 16.1 Å². The van der Waals surface area contributed by atoms with Crippen molar-refractivity contribution in [3.8, 4) is 0 Å². The fourth-order valence-corrected chi connectivity index (χ4v) is 4.06. The number of rotatable bonds is 5. The molecule has 1 aliphatic rings. The topological polar surface area (TPSA) is 93.0 Å². The van der Waals surface area contributed by atoms with Crippen molar-refractivity contribution in [2.75, 3.05) is 16.0 Å². The third kappa shape index (κ3) is 4.29. The minimum absolute atomic E-state index is 0.0966. The molecule has 1 aliphatic heterocycles. The highest BCUT2D eigenvalue weighted by Gasteiger charge is 2.29. The Balaban J connectivity index is 1.49. The lowest BCUT2D eigenvalue weighted by Crippen LogP contribution is -2.40. The number of amides is 2. The molecule has 2 amide bonds. The first-order valence-corrected chi connectivity index (χ1v) is 10.2. The van der Waals surface area contributed by atoms with Crippen molar-refractivity contribution >= 4 is 35.0 Å². The van der Waals surface area contributed by atoms with E-state index in [1.54, 1.807) is 15.6 Å². The molecule has 2 heterocycles. The zero-order valence-electron chi connectivity index (χ0n) is 15.9. The van der Waals surface area contributed by atoms with Gasteiger partial charge in [-0.1, -0.05) is 54.2 Å². The van der Waals surface area contributed by atoms with Crippen LogP contribution in [0.1, 0.15) is 18.9 Å². The van der Waals surface area contributed by atoms with E-state index < -0.39 is 0 Å². The first kappa shape index (κ1) is 19.1. The maximum Gasteiger partial charge on any atom is 0.237 e. The SMILES string of the molecule is C[C@@H]1CC(=O)Nc2ccccc2N1C(=O)CSc1nnnn1Cc1ccccc1. The number of aromatic nitrogens is 4. The van der Waals surface area contributed by atoms with E-state index in [0.29, 0.717) is 23.1 Å². The molecule has 8 nitrogen and oxygen atoms in total. The number of carbonyl (C=O) groups is 2. The summed E-state index contributed by atoms with van der Waals surface area (Å²) in [7, 11) is 0. The van der Waals surface area contributed by atoms with Gasteiger partial charge in [0.25, 0.3) is 0 Å². The molecule has 0 saturated heterocycles. The number of hydrogen-bond acceptors (Lipinski definition) is 6. The largest absolute Gasteiger partial charge is 0.324 e. The van der Waals surface area contributed by atoms with Crippen LogP contribution in [0.5, 0.6) is 0 Å². The molecule has 0 fully saturated rings. The maximum atomic E-state index is 13.1. The van der Waals surface area contributed by atoms with Gasteiger partial charge in [0.15, 0.2) is 0 Å². The average molecular weight is 408 g/mol. The van der Waals surface area contributed by atoms with Gasteiger partial charge in [0.1, 0.15) is 0 Å². The predicted octanol–water partition coefficient (Wildman–Crippen LogP) is 2.58. The van der Waals surface area contributed by atoms with Crippen molar-refractivity contribution in [2.45, 2.75) is 31.1 Å². The van der Waals surface area contributed by atoms with Gasteiger partial charge in [-0.3, -0.25) is 9.59 Å². The molecule has 0 unspecified atom stereocenters. The maximum absolute atomic E-state index is 13.1. The van der Waals surface area contributed by atoms with Crippen LogP contribution in [0.4, 0.5) is 11.4 Å². The van der Waals surface area contributed by atoms with E-state index in [0.717, 1.165) is 5.56 Å². The van der Waals surface area contributed by atoms with Crippen LogP contribution in [0.2, 0.25) is 0 Å². The Morgan fingerprint density at radius 2 is 1.93 bits per heavy atom. The van der Waals surface area contributed by atoms with Gasteiger partial charge in [-0.05, 0) is 35.0 Å². The molecule has 0 bridgehead atoms. The molecule has 1 aromatic heterocycles. The average Bonchev–Trinajstić information content (AvgIpc) is 3.10. The van der Waals surface area contributed by atoms with Gasteiger partial charge in [0.2, 0.25) is 17.0 Å². The molecule has 0 saturated carbocycles. The van der Waals surface area contributed by atoms with E-state index in [4.69, 9.17) is 0 Å². The third-order valence-electron chi connectivity index (χ3n) is 4.63. The highest BCUT2D eigenvalue weighted by molar-refractivity contribution is 7.99. The minimum atomic E-state index is -0.243. The second-order valence-corrected chi connectivity index (χ2v) is 7.72. The first-order valence-electron chi connectivity index (χ1n) is 9.25. The molecule has 1 atom stereocenters.